The van der Waals surface area contributed by atoms with E-state index in [9.17, 15) is 0 Å². The molecule has 0 aromatic carbocycles. The van der Waals surface area contributed by atoms with Gasteiger partial charge in [0.2, 0.25) is 5.88 Å². The third kappa shape index (κ3) is 2.54. The molecular weight excluding hydrogens is 214 g/mol. The van der Waals surface area contributed by atoms with Crippen LogP contribution in [0.5, 0.6) is 5.88 Å². The molecule has 2 atom stereocenters. The maximum Gasteiger partial charge on any atom is 0.231 e. The Hall–Kier alpha value is -2.07. The number of pyridine rings is 1. The normalized spacial score (nSPS) is 23.4. The summed E-state index contributed by atoms with van der Waals surface area (Å²) < 4.78 is 5.72. The molecule has 1 aromatic heterocycles. The first-order valence-corrected chi connectivity index (χ1v) is 5.76. The minimum atomic E-state index is -0.129. The largest absolute Gasteiger partial charge is 0.472 e. The van der Waals surface area contributed by atoms with Crippen molar-refractivity contribution in [3.05, 3.63) is 23.9 Å². The Morgan fingerprint density at radius 1 is 1.29 bits per heavy atom. The Kier molecular flexibility index (Phi) is 3.57. The Bertz CT molecular complexity index is 472. The van der Waals surface area contributed by atoms with E-state index in [0.29, 0.717) is 11.4 Å². The van der Waals surface area contributed by atoms with Crippen molar-refractivity contribution in [2.75, 3.05) is 0 Å². The van der Waals surface area contributed by atoms with Crippen LogP contribution in [-0.4, -0.2) is 11.1 Å². The fraction of sp³-hybridized carbons (Fsp3) is 0.462. The van der Waals surface area contributed by atoms with Gasteiger partial charge in [0.05, 0.1) is 12.0 Å². The van der Waals surface area contributed by atoms with Crippen molar-refractivity contribution >= 4 is 0 Å². The first-order valence-electron chi connectivity index (χ1n) is 5.76. The number of nitriles is 2. The molecular formula is C13H13N3O. The molecule has 1 aliphatic carbocycles. The van der Waals surface area contributed by atoms with Crippen LogP contribution in [0.3, 0.4) is 0 Å². The molecule has 86 valence electrons. The molecule has 2 rings (SSSR count). The molecule has 0 spiro atoms. The van der Waals surface area contributed by atoms with Gasteiger partial charge in [-0.1, -0.05) is 6.42 Å². The number of hydrogen-bond acceptors (Lipinski definition) is 4. The summed E-state index contributed by atoms with van der Waals surface area (Å²) in [6.07, 6.45) is 5.34. The summed E-state index contributed by atoms with van der Waals surface area (Å²) in [5.74, 6) is 0.263. The van der Waals surface area contributed by atoms with Crippen molar-refractivity contribution in [3.63, 3.8) is 0 Å². The lowest BCUT2D eigenvalue weighted by molar-refractivity contribution is 0.114. The molecule has 0 bridgehead atoms. The Labute approximate surface area is 100 Å². The van der Waals surface area contributed by atoms with Gasteiger partial charge in [-0.25, -0.2) is 4.98 Å². The van der Waals surface area contributed by atoms with Crippen LogP contribution in [0, 0.1) is 28.6 Å². The second-order valence-corrected chi connectivity index (χ2v) is 4.14. The highest BCUT2D eigenvalue weighted by Crippen LogP contribution is 2.28. The molecule has 0 N–H and O–H groups in total. The van der Waals surface area contributed by atoms with Gasteiger partial charge in [0.25, 0.3) is 0 Å². The second-order valence-electron chi connectivity index (χ2n) is 4.14. The second kappa shape index (κ2) is 5.32. The van der Waals surface area contributed by atoms with Crippen molar-refractivity contribution in [2.45, 2.75) is 31.8 Å². The third-order valence-electron chi connectivity index (χ3n) is 3.02. The molecule has 4 heteroatoms. The standard InChI is InChI=1S/C13H13N3O/c14-8-10-4-1-2-6-12(10)17-13-11(9-15)5-3-7-16-13/h3,5,7,10,12H,1-2,4,6H2. The first kappa shape index (κ1) is 11.4. The SMILES string of the molecule is N#Cc1cccnc1OC1CCCCC1C#N. The van der Waals surface area contributed by atoms with E-state index in [0.717, 1.165) is 25.7 Å². The van der Waals surface area contributed by atoms with E-state index >= 15 is 0 Å². The zero-order valence-electron chi connectivity index (χ0n) is 9.47. The molecule has 17 heavy (non-hydrogen) atoms. The van der Waals surface area contributed by atoms with Gasteiger partial charge in [-0.15, -0.1) is 0 Å². The lowest BCUT2D eigenvalue weighted by Gasteiger charge is -2.27. The smallest absolute Gasteiger partial charge is 0.231 e. The summed E-state index contributed by atoms with van der Waals surface area (Å²) in [5, 5.41) is 18.0. The van der Waals surface area contributed by atoms with Crippen LogP contribution in [-0.2, 0) is 0 Å². The number of rotatable bonds is 2. The highest BCUT2D eigenvalue weighted by atomic mass is 16.5. The molecule has 0 saturated heterocycles. The van der Waals surface area contributed by atoms with E-state index in [-0.39, 0.29) is 12.0 Å². The minimum Gasteiger partial charge on any atom is -0.472 e. The van der Waals surface area contributed by atoms with Gasteiger partial charge in [0.15, 0.2) is 0 Å². The molecule has 0 radical (unpaired) electrons. The van der Waals surface area contributed by atoms with Crippen molar-refractivity contribution in [1.82, 2.24) is 4.98 Å². The van der Waals surface area contributed by atoms with Crippen molar-refractivity contribution in [2.24, 2.45) is 5.92 Å². The van der Waals surface area contributed by atoms with Crippen LogP contribution in [0.25, 0.3) is 0 Å². The van der Waals surface area contributed by atoms with Gasteiger partial charge in [-0.05, 0) is 31.4 Å². The predicted molar refractivity (Wildman–Crippen MR) is 60.9 cm³/mol. The molecule has 1 heterocycles. The van der Waals surface area contributed by atoms with Crippen LogP contribution in [0.15, 0.2) is 18.3 Å². The third-order valence-corrected chi connectivity index (χ3v) is 3.02. The van der Waals surface area contributed by atoms with Gasteiger partial charge in [-0.3, -0.25) is 0 Å². The maximum atomic E-state index is 9.05. The molecule has 2 unspecified atom stereocenters. The van der Waals surface area contributed by atoms with Gasteiger partial charge in [-0.2, -0.15) is 10.5 Å². The van der Waals surface area contributed by atoms with Gasteiger partial charge >= 0.3 is 0 Å². The number of ether oxygens (including phenoxy) is 1. The lowest BCUT2D eigenvalue weighted by atomic mass is 9.87. The molecule has 1 aromatic rings. The van der Waals surface area contributed by atoms with Gasteiger partial charge < -0.3 is 4.74 Å². The van der Waals surface area contributed by atoms with Gasteiger partial charge in [0.1, 0.15) is 17.7 Å². The van der Waals surface area contributed by atoms with E-state index in [1.165, 1.54) is 0 Å². The van der Waals surface area contributed by atoms with Gasteiger partial charge in [0, 0.05) is 6.20 Å². The summed E-state index contributed by atoms with van der Waals surface area (Å²) in [6, 6.07) is 7.70. The van der Waals surface area contributed by atoms with Crippen molar-refractivity contribution < 1.29 is 4.74 Å². The Balaban J connectivity index is 2.15. The maximum absolute atomic E-state index is 9.05. The van der Waals surface area contributed by atoms with Crippen LogP contribution in [0.1, 0.15) is 31.2 Å². The monoisotopic (exact) mass is 227 g/mol. The first-order chi connectivity index (χ1) is 8.35. The van der Waals surface area contributed by atoms with Crippen LogP contribution >= 0.6 is 0 Å². The molecule has 1 saturated carbocycles. The van der Waals surface area contributed by atoms with Crippen LogP contribution in [0.4, 0.5) is 0 Å². The molecule has 0 aliphatic heterocycles. The fourth-order valence-corrected chi connectivity index (χ4v) is 2.10. The summed E-state index contributed by atoms with van der Waals surface area (Å²) in [7, 11) is 0. The summed E-state index contributed by atoms with van der Waals surface area (Å²) in [6.45, 7) is 0. The quantitative estimate of drug-likeness (QED) is 0.777. The molecule has 0 amide bonds. The van der Waals surface area contributed by atoms with Crippen LogP contribution in [0.2, 0.25) is 0 Å². The lowest BCUT2D eigenvalue weighted by Crippen LogP contribution is -2.29. The topological polar surface area (TPSA) is 69.7 Å². The van der Waals surface area contributed by atoms with Crippen molar-refractivity contribution in [3.8, 4) is 18.0 Å². The number of aromatic nitrogens is 1. The van der Waals surface area contributed by atoms with Crippen LogP contribution < -0.4 is 4.74 Å². The summed E-state index contributed by atoms with van der Waals surface area (Å²) >= 11 is 0. The minimum absolute atomic E-state index is 0.0858. The zero-order chi connectivity index (χ0) is 12.1. The molecule has 1 fully saturated rings. The average Bonchev–Trinajstić information content (AvgIpc) is 2.40. The Morgan fingerprint density at radius 3 is 2.88 bits per heavy atom. The van der Waals surface area contributed by atoms with E-state index in [1.807, 2.05) is 6.07 Å². The van der Waals surface area contributed by atoms with E-state index in [1.54, 1.807) is 18.3 Å². The predicted octanol–water partition coefficient (Wildman–Crippen LogP) is 2.41. The van der Waals surface area contributed by atoms with E-state index < -0.39 is 0 Å². The fourth-order valence-electron chi connectivity index (χ4n) is 2.10. The highest BCUT2D eigenvalue weighted by molar-refractivity contribution is 5.37. The Morgan fingerprint density at radius 2 is 2.12 bits per heavy atom. The number of nitrogens with zero attached hydrogens (tertiary/aromatic N) is 3. The van der Waals surface area contributed by atoms with Crippen molar-refractivity contribution in [1.29, 1.82) is 10.5 Å². The summed E-state index contributed by atoms with van der Waals surface area (Å²) in [5.41, 5.74) is 0.426. The molecule has 4 nitrogen and oxygen atoms in total. The van der Waals surface area contributed by atoms with E-state index in [4.69, 9.17) is 15.3 Å². The van der Waals surface area contributed by atoms with E-state index in [2.05, 4.69) is 11.1 Å². The number of hydrogen-bond donors (Lipinski definition) is 0. The highest BCUT2D eigenvalue weighted by Gasteiger charge is 2.27. The molecule has 1 aliphatic rings. The average molecular weight is 227 g/mol. The zero-order valence-corrected chi connectivity index (χ0v) is 9.47. The summed E-state index contributed by atoms with van der Waals surface area (Å²) in [4.78, 5) is 4.06.